The van der Waals surface area contributed by atoms with Crippen molar-refractivity contribution in [1.29, 1.82) is 0 Å². The maximum absolute atomic E-state index is 12.6. The molecular weight excluding hydrogens is 342 g/mol. The summed E-state index contributed by atoms with van der Waals surface area (Å²) in [4.78, 5) is 24.2. The average molecular weight is 365 g/mol. The molecule has 4 rings (SSSR count). The van der Waals surface area contributed by atoms with E-state index in [-0.39, 0.29) is 5.91 Å². The summed E-state index contributed by atoms with van der Waals surface area (Å²) in [5, 5.41) is 6.92. The molecule has 0 saturated carbocycles. The quantitative estimate of drug-likeness (QED) is 0.746. The Balaban J connectivity index is 1.56. The number of aromatic nitrogens is 3. The number of aryl methyl sites for hydroxylation is 2. The van der Waals surface area contributed by atoms with Crippen LogP contribution in [0.1, 0.15) is 36.3 Å². The number of carbonyl (C=O) groups is 1. The van der Waals surface area contributed by atoms with E-state index in [0.29, 0.717) is 18.7 Å². The molecule has 1 amide bonds. The van der Waals surface area contributed by atoms with Gasteiger partial charge in [-0.05, 0) is 45.2 Å². The van der Waals surface area contributed by atoms with E-state index in [2.05, 4.69) is 20.4 Å². The first-order valence-corrected chi connectivity index (χ1v) is 9.35. The molecule has 1 fully saturated rings. The van der Waals surface area contributed by atoms with Gasteiger partial charge in [-0.3, -0.25) is 4.79 Å². The fraction of sp³-hybridized carbons (Fsp3) is 0.400. The van der Waals surface area contributed by atoms with Gasteiger partial charge in [0.25, 0.3) is 0 Å². The van der Waals surface area contributed by atoms with Gasteiger partial charge >= 0.3 is 0 Å². The van der Waals surface area contributed by atoms with Crippen LogP contribution in [0, 0.1) is 13.8 Å². The van der Waals surface area contributed by atoms with Crippen molar-refractivity contribution in [3.63, 3.8) is 0 Å². The molecule has 1 saturated heterocycles. The lowest BCUT2D eigenvalue weighted by atomic mass is 10.1. The van der Waals surface area contributed by atoms with E-state index in [1.54, 1.807) is 0 Å². The maximum Gasteiger partial charge on any atom is 0.225 e. The molecule has 0 unspecified atom stereocenters. The number of fused-ring (bicyclic) bond motifs is 1. The zero-order chi connectivity index (χ0) is 18.8. The summed E-state index contributed by atoms with van der Waals surface area (Å²) < 4.78 is 5.17. The van der Waals surface area contributed by atoms with Gasteiger partial charge in [-0.15, -0.1) is 0 Å². The first-order chi connectivity index (χ1) is 13.1. The summed E-state index contributed by atoms with van der Waals surface area (Å²) in [5.74, 6) is 1.99. The summed E-state index contributed by atoms with van der Waals surface area (Å²) in [6, 6.07) is 7.74. The zero-order valence-corrected chi connectivity index (χ0v) is 15.7. The molecule has 0 bridgehead atoms. The van der Waals surface area contributed by atoms with Crippen molar-refractivity contribution in [2.24, 2.45) is 0 Å². The topological polar surface area (TPSA) is 84.2 Å². The fourth-order valence-corrected chi connectivity index (χ4v) is 3.52. The first kappa shape index (κ1) is 17.5. The highest BCUT2D eigenvalue weighted by Gasteiger charge is 2.21. The van der Waals surface area contributed by atoms with E-state index in [1.165, 1.54) is 0 Å². The van der Waals surface area contributed by atoms with Crippen LogP contribution in [0.4, 0.5) is 11.6 Å². The number of carbonyl (C=O) groups excluding carboxylic acids is 1. The van der Waals surface area contributed by atoms with Crippen LogP contribution in [0.25, 0.3) is 11.0 Å². The predicted molar refractivity (Wildman–Crippen MR) is 104 cm³/mol. The number of amides is 1. The average Bonchev–Trinajstić information content (AvgIpc) is 3.30. The summed E-state index contributed by atoms with van der Waals surface area (Å²) in [6.45, 7) is 5.64. The first-order valence-electron chi connectivity index (χ1n) is 9.35. The fourth-order valence-electron chi connectivity index (χ4n) is 3.52. The minimum absolute atomic E-state index is 0.0833. The van der Waals surface area contributed by atoms with Gasteiger partial charge in [0.05, 0.1) is 16.7 Å². The van der Waals surface area contributed by atoms with Crippen LogP contribution in [0.5, 0.6) is 0 Å². The second-order valence-electron chi connectivity index (χ2n) is 6.93. The van der Waals surface area contributed by atoms with Crippen molar-refractivity contribution < 1.29 is 9.32 Å². The molecular formula is C20H23N5O2. The van der Waals surface area contributed by atoms with Crippen molar-refractivity contribution in [1.82, 2.24) is 15.1 Å². The summed E-state index contributed by atoms with van der Waals surface area (Å²) in [7, 11) is 0. The van der Waals surface area contributed by atoms with Crippen LogP contribution < -0.4 is 10.2 Å². The Morgan fingerprint density at radius 3 is 2.52 bits per heavy atom. The van der Waals surface area contributed by atoms with E-state index in [0.717, 1.165) is 59.8 Å². The molecule has 0 aliphatic carbocycles. The minimum atomic E-state index is -0.0833. The van der Waals surface area contributed by atoms with Crippen LogP contribution in [0.3, 0.4) is 0 Å². The van der Waals surface area contributed by atoms with E-state index >= 15 is 0 Å². The van der Waals surface area contributed by atoms with E-state index in [4.69, 9.17) is 9.51 Å². The smallest absolute Gasteiger partial charge is 0.225 e. The highest BCUT2D eigenvalue weighted by molar-refractivity contribution is 5.94. The Labute approximate surface area is 157 Å². The van der Waals surface area contributed by atoms with Crippen molar-refractivity contribution in [3.05, 3.63) is 41.3 Å². The number of hydrogen-bond acceptors (Lipinski definition) is 6. The van der Waals surface area contributed by atoms with Crippen LogP contribution in [0.15, 0.2) is 28.8 Å². The van der Waals surface area contributed by atoms with Crippen LogP contribution >= 0.6 is 0 Å². The molecule has 3 heterocycles. The lowest BCUT2D eigenvalue weighted by molar-refractivity contribution is -0.116. The van der Waals surface area contributed by atoms with Crippen molar-refractivity contribution in [2.45, 2.75) is 39.5 Å². The second-order valence-corrected chi connectivity index (χ2v) is 6.93. The van der Waals surface area contributed by atoms with Crippen molar-refractivity contribution in [2.75, 3.05) is 23.3 Å². The maximum atomic E-state index is 12.6. The minimum Gasteiger partial charge on any atom is -0.361 e. The Bertz CT molecular complexity index is 956. The van der Waals surface area contributed by atoms with Gasteiger partial charge in [0, 0.05) is 25.1 Å². The van der Waals surface area contributed by atoms with Crippen LogP contribution in [-0.4, -0.2) is 34.1 Å². The van der Waals surface area contributed by atoms with Crippen molar-refractivity contribution >= 4 is 28.6 Å². The Kier molecular flexibility index (Phi) is 4.75. The number of nitrogens with one attached hydrogen (secondary N) is 1. The molecule has 3 aromatic rings. The number of anilines is 2. The molecule has 1 aromatic carbocycles. The molecule has 0 spiro atoms. The van der Waals surface area contributed by atoms with Gasteiger partial charge in [0.1, 0.15) is 5.76 Å². The van der Waals surface area contributed by atoms with Gasteiger partial charge < -0.3 is 14.7 Å². The highest BCUT2D eigenvalue weighted by Crippen LogP contribution is 2.28. The van der Waals surface area contributed by atoms with Gasteiger partial charge in [-0.25, -0.2) is 9.97 Å². The molecule has 0 atom stereocenters. The second kappa shape index (κ2) is 7.34. The molecule has 1 N–H and O–H groups in total. The molecule has 1 aliphatic rings. The van der Waals surface area contributed by atoms with Crippen molar-refractivity contribution in [3.8, 4) is 0 Å². The number of hydrogen-bond donors (Lipinski definition) is 1. The third-order valence-electron chi connectivity index (χ3n) is 5.00. The Hall–Kier alpha value is -2.96. The molecule has 1 aliphatic heterocycles. The van der Waals surface area contributed by atoms with E-state index in [9.17, 15) is 4.79 Å². The molecule has 7 heteroatoms. The summed E-state index contributed by atoms with van der Waals surface area (Å²) >= 11 is 0. The van der Waals surface area contributed by atoms with Gasteiger partial charge in [-0.1, -0.05) is 17.3 Å². The molecule has 0 radical (unpaired) electrons. The third-order valence-corrected chi connectivity index (χ3v) is 5.00. The van der Waals surface area contributed by atoms with E-state index in [1.807, 2.05) is 38.1 Å². The van der Waals surface area contributed by atoms with Gasteiger partial charge in [0.15, 0.2) is 11.6 Å². The molecule has 140 valence electrons. The summed E-state index contributed by atoms with van der Waals surface area (Å²) in [5.41, 5.74) is 3.45. The Morgan fingerprint density at radius 2 is 1.85 bits per heavy atom. The largest absolute Gasteiger partial charge is 0.361 e. The van der Waals surface area contributed by atoms with Gasteiger partial charge in [0.2, 0.25) is 5.91 Å². The molecule has 7 nitrogen and oxygen atoms in total. The predicted octanol–water partition coefficient (Wildman–Crippen LogP) is 3.41. The lowest BCUT2D eigenvalue weighted by Gasteiger charge is -2.20. The zero-order valence-electron chi connectivity index (χ0n) is 15.7. The molecule has 2 aromatic heterocycles. The number of para-hydroxylation sites is 2. The highest BCUT2D eigenvalue weighted by atomic mass is 16.5. The number of nitrogens with zero attached hydrogens (tertiary/aromatic N) is 4. The molecule has 27 heavy (non-hydrogen) atoms. The third kappa shape index (κ3) is 3.63. The number of rotatable bonds is 5. The summed E-state index contributed by atoms with van der Waals surface area (Å²) in [6.07, 6.45) is 3.20. The van der Waals surface area contributed by atoms with Crippen LogP contribution in [-0.2, 0) is 11.2 Å². The van der Waals surface area contributed by atoms with Crippen LogP contribution in [0.2, 0.25) is 0 Å². The lowest BCUT2D eigenvalue weighted by Crippen LogP contribution is -2.23. The number of benzene rings is 1. The normalized spacial score (nSPS) is 14.1. The SMILES string of the molecule is Cc1noc(C)c1CCC(=O)Nc1nc2ccccc2nc1N1CCCC1. The monoisotopic (exact) mass is 365 g/mol. The van der Waals surface area contributed by atoms with Gasteiger partial charge in [-0.2, -0.15) is 0 Å². The Morgan fingerprint density at radius 1 is 1.15 bits per heavy atom. The standard InChI is InChI=1S/C20H23N5O2/c1-13-15(14(2)27-24-13)9-10-18(26)23-19-20(25-11-5-6-12-25)22-17-8-4-3-7-16(17)21-19/h3-4,7-8H,5-6,9-12H2,1-2H3,(H,21,23,26). The van der Waals surface area contributed by atoms with E-state index < -0.39 is 0 Å².